The third-order valence-electron chi connectivity index (χ3n) is 6.72. The molecule has 0 radical (unpaired) electrons. The van der Waals surface area contributed by atoms with Crippen LogP contribution in [0.1, 0.15) is 54.4 Å². The lowest BCUT2D eigenvalue weighted by Gasteiger charge is -2.56. The summed E-state index contributed by atoms with van der Waals surface area (Å²) in [6, 6.07) is 4.40. The van der Waals surface area contributed by atoms with E-state index in [0.29, 0.717) is 17.5 Å². The molecule has 3 atom stereocenters. The van der Waals surface area contributed by atoms with Gasteiger partial charge in [-0.05, 0) is 60.4 Å². The van der Waals surface area contributed by atoms with Crippen molar-refractivity contribution in [2.45, 2.75) is 62.8 Å². The lowest BCUT2D eigenvalue weighted by Crippen LogP contribution is -2.59. The standard InChI is InChI=1S/C20H25NO4/c22-18(23)9-12-4-5-15-14(13(12)11-19(24)25)10-17-16-3-1-2-6-20(15,16)7-8-21-17/h4-5,16-17,21H,1-3,6-11H2,(H,22,23)(H,24,25)/t16-,17+,20-/m0/s1. The summed E-state index contributed by atoms with van der Waals surface area (Å²) >= 11 is 0. The van der Waals surface area contributed by atoms with E-state index in [1.54, 1.807) is 0 Å². The van der Waals surface area contributed by atoms with Gasteiger partial charge in [0.2, 0.25) is 0 Å². The minimum Gasteiger partial charge on any atom is -0.481 e. The number of piperidine rings is 1. The Morgan fingerprint density at radius 1 is 1.12 bits per heavy atom. The summed E-state index contributed by atoms with van der Waals surface area (Å²) in [5.74, 6) is -1.17. The number of hydrogen-bond acceptors (Lipinski definition) is 3. The summed E-state index contributed by atoms with van der Waals surface area (Å²) in [6.07, 6.45) is 6.66. The first-order valence-corrected chi connectivity index (χ1v) is 9.32. The largest absolute Gasteiger partial charge is 0.481 e. The van der Waals surface area contributed by atoms with Crippen LogP contribution >= 0.6 is 0 Å². The zero-order chi connectivity index (χ0) is 17.6. The number of hydrogen-bond donors (Lipinski definition) is 3. The molecule has 0 amide bonds. The first-order valence-electron chi connectivity index (χ1n) is 9.32. The molecule has 1 aliphatic heterocycles. The van der Waals surface area contributed by atoms with E-state index >= 15 is 0 Å². The van der Waals surface area contributed by atoms with Crippen LogP contribution in [-0.4, -0.2) is 34.7 Å². The maximum atomic E-state index is 11.5. The van der Waals surface area contributed by atoms with Crippen molar-refractivity contribution >= 4 is 11.9 Å². The van der Waals surface area contributed by atoms with E-state index in [2.05, 4.69) is 11.4 Å². The maximum Gasteiger partial charge on any atom is 0.307 e. The van der Waals surface area contributed by atoms with Gasteiger partial charge < -0.3 is 15.5 Å². The number of carboxylic acids is 2. The van der Waals surface area contributed by atoms with Crippen LogP contribution in [0.2, 0.25) is 0 Å². The molecule has 3 N–H and O–H groups in total. The molecule has 25 heavy (non-hydrogen) atoms. The molecule has 134 valence electrons. The quantitative estimate of drug-likeness (QED) is 0.781. The number of benzene rings is 1. The average molecular weight is 343 g/mol. The van der Waals surface area contributed by atoms with Gasteiger partial charge in [-0.2, -0.15) is 0 Å². The van der Waals surface area contributed by atoms with Crippen molar-refractivity contribution < 1.29 is 19.8 Å². The van der Waals surface area contributed by atoms with Gasteiger partial charge in [-0.1, -0.05) is 25.0 Å². The summed E-state index contributed by atoms with van der Waals surface area (Å²) < 4.78 is 0. The van der Waals surface area contributed by atoms with Gasteiger partial charge in [0.25, 0.3) is 0 Å². The molecule has 2 aliphatic carbocycles. The molecule has 1 saturated heterocycles. The highest BCUT2D eigenvalue weighted by Gasteiger charge is 2.51. The fourth-order valence-corrected chi connectivity index (χ4v) is 5.83. The van der Waals surface area contributed by atoms with Crippen LogP contribution in [-0.2, 0) is 34.3 Å². The zero-order valence-electron chi connectivity index (χ0n) is 14.4. The van der Waals surface area contributed by atoms with E-state index in [4.69, 9.17) is 0 Å². The Bertz CT molecular complexity index is 725. The van der Waals surface area contributed by atoms with E-state index in [1.165, 1.54) is 31.2 Å². The predicted molar refractivity (Wildman–Crippen MR) is 92.9 cm³/mol. The van der Waals surface area contributed by atoms with E-state index in [0.717, 1.165) is 30.5 Å². The van der Waals surface area contributed by atoms with Crippen LogP contribution in [0.15, 0.2) is 12.1 Å². The van der Waals surface area contributed by atoms with Crippen molar-refractivity contribution in [2.24, 2.45) is 5.92 Å². The Balaban J connectivity index is 1.87. The summed E-state index contributed by atoms with van der Waals surface area (Å²) in [7, 11) is 0. The maximum absolute atomic E-state index is 11.5. The minimum absolute atomic E-state index is 0.0841. The molecular formula is C20H25NO4. The van der Waals surface area contributed by atoms with Crippen LogP contribution < -0.4 is 5.32 Å². The highest BCUT2D eigenvalue weighted by molar-refractivity contribution is 5.75. The Kier molecular flexibility index (Phi) is 4.07. The van der Waals surface area contributed by atoms with Gasteiger partial charge >= 0.3 is 11.9 Å². The first-order chi connectivity index (χ1) is 12.0. The van der Waals surface area contributed by atoms with Crippen LogP contribution in [0.25, 0.3) is 0 Å². The van der Waals surface area contributed by atoms with Gasteiger partial charge in [0.15, 0.2) is 0 Å². The molecule has 0 unspecified atom stereocenters. The third kappa shape index (κ3) is 2.65. The van der Waals surface area contributed by atoms with Gasteiger partial charge in [0, 0.05) is 11.5 Å². The Morgan fingerprint density at radius 3 is 2.68 bits per heavy atom. The van der Waals surface area contributed by atoms with E-state index in [1.807, 2.05) is 6.07 Å². The lowest BCUT2D eigenvalue weighted by atomic mass is 9.52. The Labute approximate surface area is 147 Å². The number of rotatable bonds is 4. The van der Waals surface area contributed by atoms with Gasteiger partial charge in [-0.15, -0.1) is 0 Å². The number of aliphatic carboxylic acids is 2. The second kappa shape index (κ2) is 6.13. The van der Waals surface area contributed by atoms with Crippen molar-refractivity contribution in [1.82, 2.24) is 5.32 Å². The van der Waals surface area contributed by atoms with Gasteiger partial charge in [0.1, 0.15) is 0 Å². The molecule has 0 spiro atoms. The molecule has 1 heterocycles. The molecule has 5 nitrogen and oxygen atoms in total. The molecule has 3 aliphatic rings. The van der Waals surface area contributed by atoms with Crippen LogP contribution in [0.3, 0.4) is 0 Å². The molecule has 2 fully saturated rings. The van der Waals surface area contributed by atoms with Crippen molar-refractivity contribution in [2.75, 3.05) is 6.54 Å². The minimum atomic E-state index is -0.908. The molecule has 1 saturated carbocycles. The van der Waals surface area contributed by atoms with Gasteiger partial charge in [-0.25, -0.2) is 0 Å². The van der Waals surface area contributed by atoms with Crippen LogP contribution in [0.4, 0.5) is 0 Å². The molecule has 0 aromatic heterocycles. The fourth-order valence-electron chi connectivity index (χ4n) is 5.83. The Hall–Kier alpha value is -1.88. The number of nitrogens with one attached hydrogen (secondary N) is 1. The molecule has 4 rings (SSSR count). The first kappa shape index (κ1) is 16.6. The highest BCUT2D eigenvalue weighted by atomic mass is 16.4. The topological polar surface area (TPSA) is 86.6 Å². The van der Waals surface area contributed by atoms with Gasteiger partial charge in [-0.3, -0.25) is 9.59 Å². The van der Waals surface area contributed by atoms with Crippen molar-refractivity contribution in [3.63, 3.8) is 0 Å². The number of fused-ring (bicyclic) bond motifs is 1. The van der Waals surface area contributed by atoms with Crippen molar-refractivity contribution in [3.8, 4) is 0 Å². The molecule has 5 heteroatoms. The fraction of sp³-hybridized carbons (Fsp3) is 0.600. The number of carboxylic acid groups (broad SMARTS) is 2. The SMILES string of the molecule is O=C(O)Cc1ccc2c(c1CC(=O)O)C[C@H]1NCC[C@@]23CCCC[C@@H]13. The van der Waals surface area contributed by atoms with Crippen LogP contribution in [0.5, 0.6) is 0 Å². The van der Waals surface area contributed by atoms with Crippen molar-refractivity contribution in [1.29, 1.82) is 0 Å². The van der Waals surface area contributed by atoms with E-state index in [9.17, 15) is 19.8 Å². The smallest absolute Gasteiger partial charge is 0.307 e. The van der Waals surface area contributed by atoms with Crippen LogP contribution in [0, 0.1) is 5.92 Å². The molecule has 2 bridgehead atoms. The lowest BCUT2D eigenvalue weighted by molar-refractivity contribution is -0.137. The van der Waals surface area contributed by atoms with E-state index in [-0.39, 0.29) is 18.3 Å². The average Bonchev–Trinajstić information content (AvgIpc) is 2.56. The normalized spacial score (nSPS) is 30.2. The monoisotopic (exact) mass is 343 g/mol. The number of carbonyl (C=O) groups is 2. The van der Waals surface area contributed by atoms with Crippen molar-refractivity contribution in [3.05, 3.63) is 34.4 Å². The summed E-state index contributed by atoms with van der Waals surface area (Å²) in [6.45, 7) is 1.02. The second-order valence-corrected chi connectivity index (χ2v) is 7.89. The highest BCUT2D eigenvalue weighted by Crippen LogP contribution is 2.54. The predicted octanol–water partition coefficient (Wildman–Crippen LogP) is 2.29. The molecule has 1 aromatic rings. The molecular weight excluding hydrogens is 318 g/mol. The molecule has 1 aromatic carbocycles. The zero-order valence-corrected chi connectivity index (χ0v) is 14.4. The van der Waals surface area contributed by atoms with E-state index < -0.39 is 11.9 Å². The Morgan fingerprint density at radius 2 is 1.92 bits per heavy atom. The summed E-state index contributed by atoms with van der Waals surface area (Å²) in [5.41, 5.74) is 4.02. The summed E-state index contributed by atoms with van der Waals surface area (Å²) in [5, 5.41) is 22.3. The summed E-state index contributed by atoms with van der Waals surface area (Å²) in [4.78, 5) is 22.7. The second-order valence-electron chi connectivity index (χ2n) is 7.89. The third-order valence-corrected chi connectivity index (χ3v) is 6.72. The van der Waals surface area contributed by atoms with Gasteiger partial charge in [0.05, 0.1) is 12.8 Å².